The predicted molar refractivity (Wildman–Crippen MR) is 138 cm³/mol. The van der Waals surface area contributed by atoms with Gasteiger partial charge in [-0.25, -0.2) is 13.6 Å². The number of hydrogen-bond acceptors (Lipinski definition) is 4. The van der Waals surface area contributed by atoms with E-state index in [-0.39, 0.29) is 18.0 Å². The summed E-state index contributed by atoms with van der Waals surface area (Å²) in [4.78, 5) is 39.9. The molecule has 1 saturated heterocycles. The average Bonchev–Trinajstić information content (AvgIpc) is 3.21. The predicted octanol–water partition coefficient (Wildman–Crippen LogP) is 5.44. The highest BCUT2D eigenvalue weighted by Crippen LogP contribution is 2.34. The third-order valence-corrected chi connectivity index (χ3v) is 6.26. The van der Waals surface area contributed by atoms with Gasteiger partial charge in [-0.2, -0.15) is 0 Å². The monoisotopic (exact) mass is 521 g/mol. The Morgan fingerprint density at radius 3 is 2.32 bits per heavy atom. The number of carbonyl (C=O) groups excluding carboxylic acids is 3. The van der Waals surface area contributed by atoms with Gasteiger partial charge in [0.1, 0.15) is 11.6 Å². The van der Waals surface area contributed by atoms with Crippen LogP contribution in [0, 0.1) is 17.6 Å². The summed E-state index contributed by atoms with van der Waals surface area (Å²) in [6.07, 6.45) is -0.801. The van der Waals surface area contributed by atoms with Crippen molar-refractivity contribution in [3.63, 3.8) is 0 Å². The Labute approximate surface area is 219 Å². The molecule has 0 aromatic heterocycles. The van der Waals surface area contributed by atoms with Crippen molar-refractivity contribution in [2.75, 3.05) is 11.9 Å². The third kappa shape index (κ3) is 6.34. The zero-order chi connectivity index (χ0) is 27.2. The molecular formula is C29H29F2N3O4. The fourth-order valence-corrected chi connectivity index (χ4v) is 4.19. The van der Waals surface area contributed by atoms with E-state index in [1.165, 1.54) is 35.2 Å². The fraction of sp³-hybridized carbons (Fsp3) is 0.276. The minimum Gasteiger partial charge on any atom is -0.438 e. The molecule has 1 aliphatic rings. The van der Waals surface area contributed by atoms with E-state index in [2.05, 4.69) is 10.6 Å². The number of anilines is 1. The van der Waals surface area contributed by atoms with Gasteiger partial charge in [-0.3, -0.25) is 14.5 Å². The van der Waals surface area contributed by atoms with Crippen LogP contribution in [0.2, 0.25) is 0 Å². The number of cyclic esters (lactones) is 1. The fourth-order valence-electron chi connectivity index (χ4n) is 4.19. The summed E-state index contributed by atoms with van der Waals surface area (Å²) in [6, 6.07) is 16.9. The van der Waals surface area contributed by atoms with Gasteiger partial charge in [0.05, 0.1) is 12.1 Å². The molecule has 198 valence electrons. The summed E-state index contributed by atoms with van der Waals surface area (Å²) in [6.45, 7) is 4.60. The number of carbonyl (C=O) groups is 3. The molecule has 38 heavy (non-hydrogen) atoms. The van der Waals surface area contributed by atoms with Crippen molar-refractivity contribution in [2.24, 2.45) is 5.92 Å². The first kappa shape index (κ1) is 26.8. The second-order valence-corrected chi connectivity index (χ2v) is 9.53. The lowest BCUT2D eigenvalue weighted by atomic mass is 10.00. The molecule has 2 atom stereocenters. The Hall–Kier alpha value is -4.27. The van der Waals surface area contributed by atoms with Crippen LogP contribution >= 0.6 is 0 Å². The van der Waals surface area contributed by atoms with Crippen molar-refractivity contribution >= 4 is 23.6 Å². The zero-order valence-corrected chi connectivity index (χ0v) is 21.1. The lowest BCUT2D eigenvalue weighted by molar-refractivity contribution is -0.126. The molecule has 1 aliphatic heterocycles. The lowest BCUT2D eigenvalue weighted by Crippen LogP contribution is -2.46. The van der Waals surface area contributed by atoms with Gasteiger partial charge in [0.15, 0.2) is 12.1 Å². The van der Waals surface area contributed by atoms with E-state index in [0.29, 0.717) is 29.3 Å². The highest BCUT2D eigenvalue weighted by Gasteiger charge is 2.46. The average molecular weight is 522 g/mol. The van der Waals surface area contributed by atoms with Gasteiger partial charge in [-0.15, -0.1) is 0 Å². The quantitative estimate of drug-likeness (QED) is 0.393. The number of halogens is 2. The lowest BCUT2D eigenvalue weighted by Gasteiger charge is -2.24. The summed E-state index contributed by atoms with van der Waals surface area (Å²) < 4.78 is 33.0. The van der Waals surface area contributed by atoms with Crippen molar-refractivity contribution in [3.8, 4) is 0 Å². The molecule has 1 heterocycles. The number of hydrogen-bond donors (Lipinski definition) is 2. The van der Waals surface area contributed by atoms with Crippen LogP contribution in [-0.2, 0) is 16.1 Å². The molecule has 3 amide bonds. The molecule has 0 spiro atoms. The Bertz CT molecular complexity index is 1300. The van der Waals surface area contributed by atoms with Gasteiger partial charge in [-0.05, 0) is 59.9 Å². The molecule has 2 N–H and O–H groups in total. The van der Waals surface area contributed by atoms with Crippen LogP contribution in [0.4, 0.5) is 19.3 Å². The molecule has 1 fully saturated rings. The van der Waals surface area contributed by atoms with E-state index in [4.69, 9.17) is 4.74 Å². The highest BCUT2D eigenvalue weighted by atomic mass is 19.1. The molecule has 3 aromatic rings. The molecule has 0 bridgehead atoms. The Balaban J connectivity index is 1.54. The first-order valence-electron chi connectivity index (χ1n) is 12.4. The summed E-state index contributed by atoms with van der Waals surface area (Å²) in [5.41, 5.74) is 1.52. The Kier molecular flexibility index (Phi) is 8.35. The van der Waals surface area contributed by atoms with Crippen molar-refractivity contribution in [2.45, 2.75) is 39.0 Å². The summed E-state index contributed by atoms with van der Waals surface area (Å²) in [5, 5.41) is 5.53. The van der Waals surface area contributed by atoms with E-state index in [9.17, 15) is 23.2 Å². The number of nitrogens with one attached hydrogen (secondary N) is 2. The maximum atomic E-state index is 13.9. The second kappa shape index (κ2) is 11.9. The molecule has 4 rings (SSSR count). The van der Waals surface area contributed by atoms with Gasteiger partial charge in [-0.1, -0.05) is 50.2 Å². The Morgan fingerprint density at radius 1 is 0.974 bits per heavy atom. The van der Waals surface area contributed by atoms with Gasteiger partial charge in [0.25, 0.3) is 5.91 Å². The van der Waals surface area contributed by atoms with Crippen LogP contribution in [0.5, 0.6) is 0 Å². The van der Waals surface area contributed by atoms with E-state index >= 15 is 0 Å². The van der Waals surface area contributed by atoms with E-state index < -0.39 is 35.8 Å². The minimum atomic E-state index is -0.960. The highest BCUT2D eigenvalue weighted by molar-refractivity contribution is 6.04. The number of ether oxygens (including phenoxy) is 1. The van der Waals surface area contributed by atoms with Gasteiger partial charge >= 0.3 is 6.09 Å². The molecule has 9 heteroatoms. The normalized spacial score (nSPS) is 16.9. The van der Waals surface area contributed by atoms with Crippen LogP contribution in [0.15, 0.2) is 72.8 Å². The molecule has 0 radical (unpaired) electrons. The first-order valence-corrected chi connectivity index (χ1v) is 12.4. The van der Waals surface area contributed by atoms with Gasteiger partial charge in [0.2, 0.25) is 5.91 Å². The van der Waals surface area contributed by atoms with E-state index in [1.807, 2.05) is 13.8 Å². The minimum absolute atomic E-state index is 0.0641. The number of benzene rings is 3. The first-order chi connectivity index (χ1) is 18.2. The SMILES string of the molecule is CC(C)CCNC(=O)[C@@H]1[C@@H](c2ccc(NC(=O)c3ccccc3F)cc2)OC(=O)N1Cc1ccc(F)cc1. The van der Waals surface area contributed by atoms with Crippen LogP contribution in [0.1, 0.15) is 47.9 Å². The van der Waals surface area contributed by atoms with Gasteiger partial charge in [0, 0.05) is 12.2 Å². The number of amides is 3. The maximum absolute atomic E-state index is 13.9. The molecular weight excluding hydrogens is 492 g/mol. The number of nitrogens with zero attached hydrogens (tertiary/aromatic N) is 1. The molecule has 3 aromatic carbocycles. The summed E-state index contributed by atoms with van der Waals surface area (Å²) in [5.74, 6) is -1.61. The van der Waals surface area contributed by atoms with Crippen LogP contribution in [-0.4, -0.2) is 35.4 Å². The Morgan fingerprint density at radius 2 is 1.66 bits per heavy atom. The topological polar surface area (TPSA) is 87.7 Å². The van der Waals surface area contributed by atoms with Crippen LogP contribution in [0.25, 0.3) is 0 Å². The smallest absolute Gasteiger partial charge is 0.411 e. The standard InChI is InChI=1S/C29H29F2N3O4/c1-18(2)15-16-32-28(36)25-26(38-29(37)34(25)17-19-7-11-21(30)12-8-19)20-9-13-22(14-10-20)33-27(35)23-5-3-4-6-24(23)31/h3-14,18,25-26H,15-17H2,1-2H3,(H,32,36)(H,33,35)/t25-,26+/m0/s1. The van der Waals surface area contributed by atoms with Crippen molar-refractivity contribution in [1.29, 1.82) is 0 Å². The number of rotatable bonds is 9. The molecule has 0 aliphatic carbocycles. The summed E-state index contributed by atoms with van der Waals surface area (Å²) >= 11 is 0. The van der Waals surface area contributed by atoms with E-state index in [1.54, 1.807) is 42.5 Å². The van der Waals surface area contributed by atoms with Crippen molar-refractivity contribution < 1.29 is 27.9 Å². The largest absolute Gasteiger partial charge is 0.438 e. The van der Waals surface area contributed by atoms with Gasteiger partial charge < -0.3 is 15.4 Å². The van der Waals surface area contributed by atoms with E-state index in [0.717, 1.165) is 6.42 Å². The van der Waals surface area contributed by atoms with Crippen LogP contribution in [0.3, 0.4) is 0 Å². The third-order valence-electron chi connectivity index (χ3n) is 6.26. The molecule has 7 nitrogen and oxygen atoms in total. The second-order valence-electron chi connectivity index (χ2n) is 9.53. The van der Waals surface area contributed by atoms with Crippen molar-refractivity contribution in [1.82, 2.24) is 10.2 Å². The summed E-state index contributed by atoms with van der Waals surface area (Å²) in [7, 11) is 0. The molecule has 0 saturated carbocycles. The van der Waals surface area contributed by atoms with Crippen molar-refractivity contribution in [3.05, 3.63) is 101 Å². The molecule has 0 unspecified atom stereocenters. The zero-order valence-electron chi connectivity index (χ0n) is 21.1. The van der Waals surface area contributed by atoms with Crippen LogP contribution < -0.4 is 10.6 Å². The maximum Gasteiger partial charge on any atom is 0.411 e.